The molecule has 0 aliphatic rings. The molecule has 0 saturated heterocycles. The Morgan fingerprint density at radius 3 is 2.26 bits per heavy atom. The maximum Gasteiger partial charge on any atom is 0.161 e. The van der Waals surface area contributed by atoms with Crippen LogP contribution in [0, 0.1) is 6.92 Å². The molecule has 1 heterocycles. The van der Waals surface area contributed by atoms with E-state index in [1.807, 2.05) is 55.5 Å². The number of hydrogen-bond donors (Lipinski definition) is 1. The summed E-state index contributed by atoms with van der Waals surface area (Å²) in [7, 11) is 3.20. The quantitative estimate of drug-likeness (QED) is 0.799. The van der Waals surface area contributed by atoms with Crippen molar-refractivity contribution in [2.75, 3.05) is 14.2 Å². The molecule has 0 bridgehead atoms. The molecule has 0 unspecified atom stereocenters. The van der Waals surface area contributed by atoms with Gasteiger partial charge in [-0.25, -0.2) is 0 Å². The average Bonchev–Trinajstić information content (AvgIpc) is 2.59. The van der Waals surface area contributed by atoms with Crippen LogP contribution in [0.25, 0.3) is 10.8 Å². The highest BCUT2D eigenvalue weighted by Gasteiger charge is 2.18. The summed E-state index contributed by atoms with van der Waals surface area (Å²) in [6.45, 7) is 1.91. The summed E-state index contributed by atoms with van der Waals surface area (Å²) in [5, 5.41) is 12.6. The van der Waals surface area contributed by atoms with Crippen molar-refractivity contribution in [3.05, 3.63) is 65.5 Å². The Morgan fingerprint density at radius 2 is 1.61 bits per heavy atom. The van der Waals surface area contributed by atoms with Crippen molar-refractivity contribution in [2.24, 2.45) is 0 Å². The number of methoxy groups -OCH3 is 2. The fourth-order valence-electron chi connectivity index (χ4n) is 2.75. The standard InChI is InChI=1S/C19H19NO3/c1-12-9-14-10-16(22-2)17(23-3)11-15(14)18(20-12)19(21)13-7-5-4-6-8-13/h4-11,19,21H,1-3H3/t19-/m1/s1. The number of aromatic nitrogens is 1. The first kappa shape index (κ1) is 15.3. The minimum atomic E-state index is -0.795. The van der Waals surface area contributed by atoms with Crippen LogP contribution in [-0.4, -0.2) is 24.3 Å². The van der Waals surface area contributed by atoms with E-state index in [1.165, 1.54) is 0 Å². The Kier molecular flexibility index (Phi) is 4.17. The smallest absolute Gasteiger partial charge is 0.161 e. The maximum atomic E-state index is 10.8. The van der Waals surface area contributed by atoms with Gasteiger partial charge in [-0.2, -0.15) is 0 Å². The van der Waals surface area contributed by atoms with Gasteiger partial charge in [-0.05, 0) is 36.1 Å². The molecular formula is C19H19NO3. The van der Waals surface area contributed by atoms with Crippen LogP contribution in [0.1, 0.15) is 23.1 Å². The van der Waals surface area contributed by atoms with Gasteiger partial charge < -0.3 is 14.6 Å². The van der Waals surface area contributed by atoms with Crippen molar-refractivity contribution in [1.82, 2.24) is 4.98 Å². The number of aryl methyl sites for hydroxylation is 1. The number of hydrogen-bond acceptors (Lipinski definition) is 4. The van der Waals surface area contributed by atoms with Gasteiger partial charge in [-0.3, -0.25) is 4.98 Å². The molecule has 0 aliphatic heterocycles. The van der Waals surface area contributed by atoms with Gasteiger partial charge in [-0.15, -0.1) is 0 Å². The number of pyridine rings is 1. The van der Waals surface area contributed by atoms with Crippen molar-refractivity contribution in [1.29, 1.82) is 0 Å². The summed E-state index contributed by atoms with van der Waals surface area (Å²) >= 11 is 0. The van der Waals surface area contributed by atoms with E-state index >= 15 is 0 Å². The first-order chi connectivity index (χ1) is 11.1. The second-order valence-corrected chi connectivity index (χ2v) is 5.39. The van der Waals surface area contributed by atoms with E-state index in [1.54, 1.807) is 14.2 Å². The van der Waals surface area contributed by atoms with Crippen LogP contribution in [0.3, 0.4) is 0 Å². The van der Waals surface area contributed by atoms with Gasteiger partial charge in [0.15, 0.2) is 11.5 Å². The van der Waals surface area contributed by atoms with E-state index in [-0.39, 0.29) is 0 Å². The molecule has 0 spiro atoms. The second kappa shape index (κ2) is 6.26. The first-order valence-corrected chi connectivity index (χ1v) is 7.40. The zero-order valence-corrected chi connectivity index (χ0v) is 13.4. The molecule has 23 heavy (non-hydrogen) atoms. The number of nitrogens with zero attached hydrogens (tertiary/aromatic N) is 1. The summed E-state index contributed by atoms with van der Waals surface area (Å²) < 4.78 is 10.7. The lowest BCUT2D eigenvalue weighted by atomic mass is 9.99. The lowest BCUT2D eigenvalue weighted by Crippen LogP contribution is -2.05. The Labute approximate surface area is 135 Å². The lowest BCUT2D eigenvalue weighted by Gasteiger charge is -2.16. The third kappa shape index (κ3) is 2.85. The predicted octanol–water partition coefficient (Wildman–Crippen LogP) is 3.64. The summed E-state index contributed by atoms with van der Waals surface area (Å²) in [6, 6.07) is 15.2. The fourth-order valence-corrected chi connectivity index (χ4v) is 2.75. The minimum absolute atomic E-state index is 0.618. The molecule has 4 nitrogen and oxygen atoms in total. The predicted molar refractivity (Wildman–Crippen MR) is 90.1 cm³/mol. The molecule has 2 aromatic carbocycles. The van der Waals surface area contributed by atoms with Crippen LogP contribution >= 0.6 is 0 Å². The summed E-state index contributed by atoms with van der Waals surface area (Å²) in [4.78, 5) is 4.56. The monoisotopic (exact) mass is 309 g/mol. The molecule has 0 aliphatic carbocycles. The van der Waals surface area contributed by atoms with Gasteiger partial charge >= 0.3 is 0 Å². The van der Waals surface area contributed by atoms with Crippen LogP contribution < -0.4 is 9.47 Å². The Morgan fingerprint density at radius 1 is 0.957 bits per heavy atom. The van der Waals surface area contributed by atoms with E-state index in [0.717, 1.165) is 22.0 Å². The van der Waals surface area contributed by atoms with Crippen molar-refractivity contribution in [3.8, 4) is 11.5 Å². The summed E-state index contributed by atoms with van der Waals surface area (Å²) in [6.07, 6.45) is -0.795. The number of ether oxygens (including phenoxy) is 2. The molecule has 0 fully saturated rings. The highest BCUT2D eigenvalue weighted by Crippen LogP contribution is 2.36. The molecular weight excluding hydrogens is 290 g/mol. The molecule has 0 radical (unpaired) electrons. The van der Waals surface area contributed by atoms with Gasteiger partial charge in [0.25, 0.3) is 0 Å². The highest BCUT2D eigenvalue weighted by atomic mass is 16.5. The Hall–Kier alpha value is -2.59. The Bertz CT molecular complexity index is 831. The third-order valence-electron chi connectivity index (χ3n) is 3.87. The summed E-state index contributed by atoms with van der Waals surface area (Å²) in [5.74, 6) is 1.28. The van der Waals surface area contributed by atoms with E-state index in [9.17, 15) is 5.11 Å². The van der Waals surface area contributed by atoms with Gasteiger partial charge in [0.2, 0.25) is 0 Å². The van der Waals surface area contributed by atoms with Gasteiger partial charge in [-0.1, -0.05) is 30.3 Å². The van der Waals surface area contributed by atoms with Crippen LogP contribution in [0.2, 0.25) is 0 Å². The molecule has 4 heteroatoms. The van der Waals surface area contributed by atoms with Crippen molar-refractivity contribution in [3.63, 3.8) is 0 Å². The number of rotatable bonds is 4. The topological polar surface area (TPSA) is 51.6 Å². The van der Waals surface area contributed by atoms with Gasteiger partial charge in [0, 0.05) is 11.1 Å². The number of benzene rings is 2. The molecule has 1 aromatic heterocycles. The normalized spacial score (nSPS) is 12.2. The zero-order chi connectivity index (χ0) is 16.4. The van der Waals surface area contributed by atoms with Gasteiger partial charge in [0.1, 0.15) is 6.10 Å². The third-order valence-corrected chi connectivity index (χ3v) is 3.87. The van der Waals surface area contributed by atoms with Crippen molar-refractivity contribution < 1.29 is 14.6 Å². The van der Waals surface area contributed by atoms with E-state index in [0.29, 0.717) is 17.2 Å². The number of aliphatic hydroxyl groups is 1. The maximum absolute atomic E-state index is 10.8. The highest BCUT2D eigenvalue weighted by molar-refractivity contribution is 5.89. The van der Waals surface area contributed by atoms with E-state index < -0.39 is 6.10 Å². The van der Waals surface area contributed by atoms with E-state index in [2.05, 4.69) is 4.98 Å². The SMILES string of the molecule is COc1cc2cc(C)nc([C@H](O)c3ccccc3)c2cc1OC. The molecule has 1 atom stereocenters. The minimum Gasteiger partial charge on any atom is -0.493 e. The van der Waals surface area contributed by atoms with Crippen LogP contribution in [0.4, 0.5) is 0 Å². The molecule has 118 valence electrons. The largest absolute Gasteiger partial charge is 0.493 e. The van der Waals surface area contributed by atoms with Crippen LogP contribution in [0.5, 0.6) is 11.5 Å². The first-order valence-electron chi connectivity index (χ1n) is 7.40. The van der Waals surface area contributed by atoms with Crippen LogP contribution in [-0.2, 0) is 0 Å². The summed E-state index contributed by atoms with van der Waals surface area (Å²) in [5.41, 5.74) is 2.27. The van der Waals surface area contributed by atoms with Crippen molar-refractivity contribution >= 4 is 10.8 Å². The molecule has 0 saturated carbocycles. The molecule has 0 amide bonds. The number of aliphatic hydroxyl groups excluding tert-OH is 1. The average molecular weight is 309 g/mol. The van der Waals surface area contributed by atoms with Gasteiger partial charge in [0.05, 0.1) is 19.9 Å². The fraction of sp³-hybridized carbons (Fsp3) is 0.211. The molecule has 1 N–H and O–H groups in total. The van der Waals surface area contributed by atoms with Crippen molar-refractivity contribution in [2.45, 2.75) is 13.0 Å². The molecule has 3 rings (SSSR count). The van der Waals surface area contributed by atoms with Crippen LogP contribution in [0.15, 0.2) is 48.5 Å². The second-order valence-electron chi connectivity index (χ2n) is 5.39. The van der Waals surface area contributed by atoms with E-state index in [4.69, 9.17) is 9.47 Å². The lowest BCUT2D eigenvalue weighted by molar-refractivity contribution is 0.217. The number of fused-ring (bicyclic) bond motifs is 1. The molecule has 3 aromatic rings. The zero-order valence-electron chi connectivity index (χ0n) is 13.4. The Balaban J connectivity index is 2.23.